The van der Waals surface area contributed by atoms with Gasteiger partial charge < -0.3 is 11.1 Å². The van der Waals surface area contributed by atoms with Crippen LogP contribution in [0.1, 0.15) is 28.4 Å². The van der Waals surface area contributed by atoms with Crippen molar-refractivity contribution in [2.45, 2.75) is 19.9 Å². The van der Waals surface area contributed by atoms with Gasteiger partial charge in [-0.05, 0) is 26.0 Å². The van der Waals surface area contributed by atoms with Crippen molar-refractivity contribution in [3.63, 3.8) is 0 Å². The predicted molar refractivity (Wildman–Crippen MR) is 79.0 cm³/mol. The standard InChI is InChI=1S/C12H14N4S2/c1-7-3-4-10(18-7)8(2)16-11-6-14-9(5-15-11)12(13)17/h3-6,8H,1-2H3,(H2,13,17)(H,15,16). The molecule has 3 N–H and O–H groups in total. The summed E-state index contributed by atoms with van der Waals surface area (Å²) in [5, 5.41) is 3.29. The molecule has 18 heavy (non-hydrogen) atoms. The maximum Gasteiger partial charge on any atom is 0.145 e. The van der Waals surface area contributed by atoms with E-state index in [9.17, 15) is 0 Å². The summed E-state index contributed by atoms with van der Waals surface area (Å²) in [6, 6.07) is 4.43. The maximum atomic E-state index is 5.47. The van der Waals surface area contributed by atoms with E-state index in [2.05, 4.69) is 41.3 Å². The number of aromatic nitrogens is 2. The highest BCUT2D eigenvalue weighted by molar-refractivity contribution is 7.80. The molecular weight excluding hydrogens is 264 g/mol. The lowest BCUT2D eigenvalue weighted by molar-refractivity contribution is 0.892. The van der Waals surface area contributed by atoms with Crippen LogP contribution in [-0.4, -0.2) is 15.0 Å². The number of hydrogen-bond donors (Lipinski definition) is 2. The van der Waals surface area contributed by atoms with Crippen molar-refractivity contribution >= 4 is 34.4 Å². The number of anilines is 1. The largest absolute Gasteiger partial charge is 0.388 e. The van der Waals surface area contributed by atoms with Crippen LogP contribution >= 0.6 is 23.6 Å². The van der Waals surface area contributed by atoms with Crippen molar-refractivity contribution in [2.24, 2.45) is 5.73 Å². The van der Waals surface area contributed by atoms with Crippen molar-refractivity contribution in [3.05, 3.63) is 40.0 Å². The summed E-state index contributed by atoms with van der Waals surface area (Å²) in [6.45, 7) is 4.19. The first-order chi connectivity index (χ1) is 8.56. The van der Waals surface area contributed by atoms with E-state index in [0.29, 0.717) is 11.5 Å². The van der Waals surface area contributed by atoms with Crippen LogP contribution in [0.15, 0.2) is 24.5 Å². The minimum atomic E-state index is 0.202. The zero-order valence-corrected chi connectivity index (χ0v) is 11.8. The topological polar surface area (TPSA) is 63.8 Å². The second kappa shape index (κ2) is 5.41. The van der Waals surface area contributed by atoms with Gasteiger partial charge in [-0.3, -0.25) is 0 Å². The van der Waals surface area contributed by atoms with Gasteiger partial charge in [0.05, 0.1) is 18.4 Å². The van der Waals surface area contributed by atoms with Crippen LogP contribution < -0.4 is 11.1 Å². The molecule has 0 saturated heterocycles. The summed E-state index contributed by atoms with van der Waals surface area (Å²) in [5.74, 6) is 0.716. The van der Waals surface area contributed by atoms with Gasteiger partial charge >= 0.3 is 0 Å². The lowest BCUT2D eigenvalue weighted by atomic mass is 10.3. The van der Waals surface area contributed by atoms with Crippen molar-refractivity contribution < 1.29 is 0 Å². The van der Waals surface area contributed by atoms with E-state index in [1.807, 2.05) is 0 Å². The first kappa shape index (κ1) is 12.9. The molecule has 0 aliphatic carbocycles. The molecule has 0 spiro atoms. The molecule has 2 aromatic heterocycles. The van der Waals surface area contributed by atoms with Gasteiger partial charge in [0.1, 0.15) is 16.5 Å². The summed E-state index contributed by atoms with van der Waals surface area (Å²) in [7, 11) is 0. The van der Waals surface area contributed by atoms with Crippen LogP contribution in [0.25, 0.3) is 0 Å². The Bertz CT molecular complexity index is 547. The average molecular weight is 278 g/mol. The average Bonchev–Trinajstić information content (AvgIpc) is 2.76. The van der Waals surface area contributed by atoms with Crippen LogP contribution in [0.4, 0.5) is 5.82 Å². The van der Waals surface area contributed by atoms with Crippen LogP contribution in [0, 0.1) is 6.92 Å². The molecular formula is C12H14N4S2. The lowest BCUT2D eigenvalue weighted by Crippen LogP contribution is -2.13. The fraction of sp³-hybridized carbons (Fsp3) is 0.250. The zero-order chi connectivity index (χ0) is 13.1. The molecule has 0 radical (unpaired) electrons. The molecule has 0 aliphatic heterocycles. The number of nitrogens with two attached hydrogens (primary N) is 1. The van der Waals surface area contributed by atoms with E-state index < -0.39 is 0 Å². The smallest absolute Gasteiger partial charge is 0.145 e. The van der Waals surface area contributed by atoms with Gasteiger partial charge in [0.2, 0.25) is 0 Å². The molecule has 6 heteroatoms. The molecule has 0 fully saturated rings. The van der Waals surface area contributed by atoms with Crippen LogP contribution in [-0.2, 0) is 0 Å². The normalized spacial score (nSPS) is 12.1. The molecule has 2 heterocycles. The van der Waals surface area contributed by atoms with Crippen LogP contribution in [0.3, 0.4) is 0 Å². The molecule has 2 rings (SSSR count). The van der Waals surface area contributed by atoms with E-state index in [1.54, 1.807) is 23.7 Å². The Kier molecular flexibility index (Phi) is 3.88. The zero-order valence-electron chi connectivity index (χ0n) is 10.2. The number of thiocarbonyl (C=S) groups is 1. The van der Waals surface area contributed by atoms with Crippen molar-refractivity contribution in [3.8, 4) is 0 Å². The molecule has 94 valence electrons. The van der Waals surface area contributed by atoms with Gasteiger partial charge in [0.15, 0.2) is 0 Å². The Balaban J connectivity index is 2.07. The van der Waals surface area contributed by atoms with Gasteiger partial charge in [-0.2, -0.15) is 0 Å². The molecule has 0 bridgehead atoms. The van der Waals surface area contributed by atoms with E-state index >= 15 is 0 Å². The molecule has 0 amide bonds. The SMILES string of the molecule is Cc1ccc(C(C)Nc2cnc(C(N)=S)cn2)s1. The van der Waals surface area contributed by atoms with Gasteiger partial charge in [0.25, 0.3) is 0 Å². The Labute approximate surface area is 115 Å². The number of nitrogens with zero attached hydrogens (tertiary/aromatic N) is 2. The highest BCUT2D eigenvalue weighted by Gasteiger charge is 2.08. The van der Waals surface area contributed by atoms with Crippen LogP contribution in [0.2, 0.25) is 0 Å². The van der Waals surface area contributed by atoms with Crippen molar-refractivity contribution in [2.75, 3.05) is 5.32 Å². The van der Waals surface area contributed by atoms with E-state index in [4.69, 9.17) is 18.0 Å². The summed E-state index contributed by atoms with van der Waals surface area (Å²) in [4.78, 5) is 11.2. The summed E-state index contributed by atoms with van der Waals surface area (Å²) in [5.41, 5.74) is 6.01. The number of hydrogen-bond acceptors (Lipinski definition) is 5. The molecule has 0 aromatic carbocycles. The first-order valence-electron chi connectivity index (χ1n) is 5.51. The summed E-state index contributed by atoms with van der Waals surface area (Å²) >= 11 is 6.60. The van der Waals surface area contributed by atoms with E-state index in [1.165, 1.54) is 9.75 Å². The second-order valence-corrected chi connectivity index (χ2v) is 5.72. The second-order valence-electron chi connectivity index (χ2n) is 3.97. The van der Waals surface area contributed by atoms with Gasteiger partial charge in [0, 0.05) is 9.75 Å². The molecule has 1 unspecified atom stereocenters. The number of thiophene rings is 1. The Morgan fingerprint density at radius 2 is 2.17 bits per heavy atom. The monoisotopic (exact) mass is 278 g/mol. The van der Waals surface area contributed by atoms with Crippen molar-refractivity contribution in [1.82, 2.24) is 9.97 Å². The summed E-state index contributed by atoms with van der Waals surface area (Å²) < 4.78 is 0. The summed E-state index contributed by atoms with van der Waals surface area (Å²) in [6.07, 6.45) is 3.22. The van der Waals surface area contributed by atoms with Gasteiger partial charge in [-0.25, -0.2) is 9.97 Å². The fourth-order valence-corrected chi connectivity index (χ4v) is 2.49. The van der Waals surface area contributed by atoms with Crippen LogP contribution in [0.5, 0.6) is 0 Å². The minimum Gasteiger partial charge on any atom is -0.388 e. The van der Waals surface area contributed by atoms with Gasteiger partial charge in [-0.15, -0.1) is 11.3 Å². The highest BCUT2D eigenvalue weighted by atomic mass is 32.1. The Morgan fingerprint density at radius 1 is 1.39 bits per heavy atom. The number of nitrogens with one attached hydrogen (secondary N) is 1. The third-order valence-electron chi connectivity index (χ3n) is 2.46. The predicted octanol–water partition coefficient (Wildman–Crippen LogP) is 2.65. The van der Waals surface area contributed by atoms with Crippen molar-refractivity contribution in [1.29, 1.82) is 0 Å². The molecule has 0 saturated carbocycles. The fourth-order valence-electron chi connectivity index (χ4n) is 1.51. The maximum absolute atomic E-state index is 5.47. The lowest BCUT2D eigenvalue weighted by Gasteiger charge is -2.12. The van der Waals surface area contributed by atoms with Gasteiger partial charge in [-0.1, -0.05) is 12.2 Å². The molecule has 0 aliphatic rings. The number of aryl methyl sites for hydroxylation is 1. The molecule has 2 aromatic rings. The third-order valence-corrected chi connectivity index (χ3v) is 3.85. The third kappa shape index (κ3) is 3.02. The quantitative estimate of drug-likeness (QED) is 0.842. The number of rotatable bonds is 4. The molecule has 1 atom stereocenters. The van der Waals surface area contributed by atoms with E-state index in [-0.39, 0.29) is 11.0 Å². The Morgan fingerprint density at radius 3 is 2.67 bits per heavy atom. The Hall–Kier alpha value is -1.53. The van der Waals surface area contributed by atoms with E-state index in [0.717, 1.165) is 0 Å². The minimum absolute atomic E-state index is 0.202. The molecule has 4 nitrogen and oxygen atoms in total. The highest BCUT2D eigenvalue weighted by Crippen LogP contribution is 2.24. The first-order valence-corrected chi connectivity index (χ1v) is 6.73.